The van der Waals surface area contributed by atoms with Gasteiger partial charge in [0.1, 0.15) is 0 Å². The molecule has 0 aromatic rings. The Hall–Kier alpha value is -0.380. The number of allylic oxidation sites excluding steroid dienone is 2. The Morgan fingerprint density at radius 3 is 2.00 bits per heavy atom. The van der Waals surface area contributed by atoms with Crippen LogP contribution in [0, 0.1) is 5.92 Å². The third-order valence-corrected chi connectivity index (χ3v) is 6.80. The maximum absolute atomic E-state index is 6.20. The average molecular weight is 437 g/mol. The molecule has 0 radical (unpaired) electrons. The van der Waals surface area contributed by atoms with Gasteiger partial charge in [0.2, 0.25) is 0 Å². The van der Waals surface area contributed by atoms with E-state index < -0.39 is 0 Å². The standard InChI is InChI=1S/C28H52O3/c1-3-5-7-8-9-10-11-12-13-14-15-16-17-25(21-27-23-30-27)18-19-26(22-28-24-31-28)29-20-6-4-2/h12-13,25-28H,3-11,14-24H2,1-2H3/b13-12-. The summed E-state index contributed by atoms with van der Waals surface area (Å²) in [7, 11) is 0. The van der Waals surface area contributed by atoms with Crippen molar-refractivity contribution in [3.8, 4) is 0 Å². The van der Waals surface area contributed by atoms with Crippen molar-refractivity contribution in [3.05, 3.63) is 12.2 Å². The quantitative estimate of drug-likeness (QED) is 0.0924. The van der Waals surface area contributed by atoms with Crippen LogP contribution in [0.2, 0.25) is 0 Å². The molecule has 0 aromatic heterocycles. The van der Waals surface area contributed by atoms with Gasteiger partial charge in [0.25, 0.3) is 0 Å². The third kappa shape index (κ3) is 16.0. The fourth-order valence-electron chi connectivity index (χ4n) is 4.51. The highest BCUT2D eigenvalue weighted by molar-refractivity contribution is 4.82. The van der Waals surface area contributed by atoms with Crippen LogP contribution in [-0.2, 0) is 14.2 Å². The summed E-state index contributed by atoms with van der Waals surface area (Å²) in [4.78, 5) is 0. The molecule has 3 heteroatoms. The maximum Gasteiger partial charge on any atom is 0.0834 e. The van der Waals surface area contributed by atoms with Gasteiger partial charge in [0.15, 0.2) is 0 Å². The lowest BCUT2D eigenvalue weighted by molar-refractivity contribution is 0.0300. The van der Waals surface area contributed by atoms with Gasteiger partial charge in [-0.2, -0.15) is 0 Å². The van der Waals surface area contributed by atoms with Crippen LogP contribution in [0.1, 0.15) is 123 Å². The molecule has 3 nitrogen and oxygen atoms in total. The van der Waals surface area contributed by atoms with Crippen LogP contribution in [0.15, 0.2) is 12.2 Å². The fraction of sp³-hybridized carbons (Fsp3) is 0.929. The molecule has 0 saturated carbocycles. The third-order valence-electron chi connectivity index (χ3n) is 6.80. The summed E-state index contributed by atoms with van der Waals surface area (Å²) < 4.78 is 17.2. The lowest BCUT2D eigenvalue weighted by Gasteiger charge is -2.21. The van der Waals surface area contributed by atoms with Crippen molar-refractivity contribution in [1.29, 1.82) is 0 Å². The van der Waals surface area contributed by atoms with E-state index in [4.69, 9.17) is 14.2 Å². The number of ether oxygens (including phenoxy) is 3. The molecule has 4 atom stereocenters. The monoisotopic (exact) mass is 436 g/mol. The van der Waals surface area contributed by atoms with E-state index in [2.05, 4.69) is 26.0 Å². The second kappa shape index (κ2) is 18.1. The second-order valence-electron chi connectivity index (χ2n) is 9.98. The van der Waals surface area contributed by atoms with Crippen molar-refractivity contribution in [2.45, 2.75) is 141 Å². The van der Waals surface area contributed by atoms with Gasteiger partial charge in [-0.1, -0.05) is 77.4 Å². The Balaban J connectivity index is 1.53. The minimum Gasteiger partial charge on any atom is -0.378 e. The number of epoxide rings is 2. The molecule has 0 bridgehead atoms. The van der Waals surface area contributed by atoms with E-state index in [9.17, 15) is 0 Å². The van der Waals surface area contributed by atoms with Crippen LogP contribution in [0.5, 0.6) is 0 Å². The van der Waals surface area contributed by atoms with Gasteiger partial charge in [-0.25, -0.2) is 0 Å². The van der Waals surface area contributed by atoms with E-state index in [0.29, 0.717) is 18.3 Å². The molecule has 2 aliphatic heterocycles. The first kappa shape index (κ1) is 26.9. The Morgan fingerprint density at radius 1 is 0.710 bits per heavy atom. The minimum absolute atomic E-state index is 0.395. The molecule has 0 N–H and O–H groups in total. The van der Waals surface area contributed by atoms with Crippen LogP contribution < -0.4 is 0 Å². The molecule has 2 rings (SSSR count). The van der Waals surface area contributed by atoms with Gasteiger partial charge in [0.05, 0.1) is 31.5 Å². The highest BCUT2D eigenvalue weighted by Crippen LogP contribution is 2.29. The summed E-state index contributed by atoms with van der Waals surface area (Å²) in [5.41, 5.74) is 0. The molecule has 2 heterocycles. The van der Waals surface area contributed by atoms with Gasteiger partial charge < -0.3 is 14.2 Å². The molecule has 2 aliphatic rings. The first-order valence-electron chi connectivity index (χ1n) is 13.8. The Labute approximate surface area is 193 Å². The van der Waals surface area contributed by atoms with Crippen molar-refractivity contribution in [2.75, 3.05) is 19.8 Å². The Kier molecular flexibility index (Phi) is 15.7. The topological polar surface area (TPSA) is 34.3 Å². The zero-order valence-corrected chi connectivity index (χ0v) is 20.8. The summed E-state index contributed by atoms with van der Waals surface area (Å²) >= 11 is 0. The van der Waals surface area contributed by atoms with E-state index in [1.807, 2.05) is 0 Å². The number of hydrogen-bond donors (Lipinski definition) is 0. The molecule has 0 aliphatic carbocycles. The highest BCUT2D eigenvalue weighted by Gasteiger charge is 2.29. The second-order valence-corrected chi connectivity index (χ2v) is 9.98. The van der Waals surface area contributed by atoms with E-state index in [1.54, 1.807) is 0 Å². The van der Waals surface area contributed by atoms with Crippen molar-refractivity contribution < 1.29 is 14.2 Å². The van der Waals surface area contributed by atoms with E-state index in [0.717, 1.165) is 32.2 Å². The normalized spacial score (nSPS) is 22.1. The van der Waals surface area contributed by atoms with E-state index in [1.165, 1.54) is 103 Å². The molecule has 2 fully saturated rings. The fourth-order valence-corrected chi connectivity index (χ4v) is 4.51. The minimum atomic E-state index is 0.395. The maximum atomic E-state index is 6.20. The van der Waals surface area contributed by atoms with E-state index in [-0.39, 0.29) is 0 Å². The highest BCUT2D eigenvalue weighted by atomic mass is 16.6. The molecular weight excluding hydrogens is 384 g/mol. The van der Waals surface area contributed by atoms with Gasteiger partial charge >= 0.3 is 0 Å². The largest absolute Gasteiger partial charge is 0.378 e. The van der Waals surface area contributed by atoms with Gasteiger partial charge in [0, 0.05) is 13.0 Å². The SMILES string of the molecule is CCCCCCCC/C=C\CCCCC(CCC(CC1CO1)OCCCC)CC1CO1. The van der Waals surface area contributed by atoms with Crippen molar-refractivity contribution in [2.24, 2.45) is 5.92 Å². The molecular formula is C28H52O3. The average Bonchev–Trinajstić information content (AvgIpc) is 3.69. The summed E-state index contributed by atoms with van der Waals surface area (Å²) in [5.74, 6) is 0.803. The van der Waals surface area contributed by atoms with Crippen LogP contribution in [0.3, 0.4) is 0 Å². The molecule has 0 amide bonds. The Bertz CT molecular complexity index is 428. The number of hydrogen-bond acceptors (Lipinski definition) is 3. The van der Waals surface area contributed by atoms with Crippen LogP contribution in [0.4, 0.5) is 0 Å². The van der Waals surface area contributed by atoms with Crippen LogP contribution in [0.25, 0.3) is 0 Å². The van der Waals surface area contributed by atoms with Gasteiger partial charge in [-0.05, 0) is 57.3 Å². The predicted octanol–water partition coefficient (Wildman–Crippen LogP) is 8.01. The zero-order valence-electron chi connectivity index (χ0n) is 20.8. The lowest BCUT2D eigenvalue weighted by Crippen LogP contribution is -2.18. The summed E-state index contributed by atoms with van der Waals surface area (Å²) in [6.45, 7) is 7.37. The van der Waals surface area contributed by atoms with Gasteiger partial charge in [-0.3, -0.25) is 0 Å². The van der Waals surface area contributed by atoms with E-state index >= 15 is 0 Å². The van der Waals surface area contributed by atoms with Crippen LogP contribution >= 0.6 is 0 Å². The van der Waals surface area contributed by atoms with Crippen molar-refractivity contribution in [1.82, 2.24) is 0 Å². The lowest BCUT2D eigenvalue weighted by atomic mass is 9.90. The summed E-state index contributed by atoms with van der Waals surface area (Å²) in [5, 5.41) is 0. The summed E-state index contributed by atoms with van der Waals surface area (Å²) in [6, 6.07) is 0. The zero-order chi connectivity index (χ0) is 22.0. The number of rotatable bonds is 23. The smallest absolute Gasteiger partial charge is 0.0834 e. The van der Waals surface area contributed by atoms with Gasteiger partial charge in [-0.15, -0.1) is 0 Å². The summed E-state index contributed by atoms with van der Waals surface area (Å²) in [6.07, 6.45) is 28.4. The van der Waals surface area contributed by atoms with Crippen LogP contribution in [-0.4, -0.2) is 38.1 Å². The molecule has 182 valence electrons. The number of unbranched alkanes of at least 4 members (excludes halogenated alkanes) is 9. The predicted molar refractivity (Wildman–Crippen MR) is 132 cm³/mol. The molecule has 4 unspecified atom stereocenters. The molecule has 0 aromatic carbocycles. The van der Waals surface area contributed by atoms with Crippen molar-refractivity contribution in [3.63, 3.8) is 0 Å². The first-order valence-corrected chi connectivity index (χ1v) is 13.8. The Morgan fingerprint density at radius 2 is 1.32 bits per heavy atom. The molecule has 31 heavy (non-hydrogen) atoms. The first-order chi connectivity index (χ1) is 15.3. The molecule has 0 spiro atoms. The van der Waals surface area contributed by atoms with Crippen molar-refractivity contribution >= 4 is 0 Å². The molecule has 2 saturated heterocycles.